The van der Waals surface area contributed by atoms with Crippen molar-refractivity contribution in [2.24, 2.45) is 0 Å². The summed E-state index contributed by atoms with van der Waals surface area (Å²) in [6, 6.07) is 11.7. The topological polar surface area (TPSA) is 87.7 Å². The molecule has 0 fully saturated rings. The van der Waals surface area contributed by atoms with Gasteiger partial charge in [0.2, 0.25) is 11.3 Å². The van der Waals surface area contributed by atoms with E-state index in [4.69, 9.17) is 4.74 Å². The first-order chi connectivity index (χ1) is 12.8. The predicted octanol–water partition coefficient (Wildman–Crippen LogP) is 2.76. The molecule has 2 atom stereocenters. The van der Waals surface area contributed by atoms with Crippen molar-refractivity contribution in [1.82, 2.24) is 10.6 Å². The quantitative estimate of drug-likeness (QED) is 0.779. The second-order valence-electron chi connectivity index (χ2n) is 7.27. The minimum atomic E-state index is -2.00. The van der Waals surface area contributed by atoms with Gasteiger partial charge in [-0.2, -0.15) is 0 Å². The van der Waals surface area contributed by atoms with Crippen LogP contribution in [0.3, 0.4) is 0 Å². The van der Waals surface area contributed by atoms with Crippen molar-refractivity contribution < 1.29 is 19.4 Å². The van der Waals surface area contributed by atoms with Gasteiger partial charge < -0.3 is 20.5 Å². The Bertz CT molecular complexity index is 955. The van der Waals surface area contributed by atoms with E-state index in [-0.39, 0.29) is 11.7 Å². The van der Waals surface area contributed by atoms with Crippen LogP contribution in [0.1, 0.15) is 53.7 Å². The highest BCUT2D eigenvalue weighted by Crippen LogP contribution is 2.58. The highest BCUT2D eigenvalue weighted by molar-refractivity contribution is 6.12. The molecule has 0 saturated heterocycles. The maximum atomic E-state index is 13.4. The van der Waals surface area contributed by atoms with Crippen molar-refractivity contribution in [3.63, 3.8) is 0 Å². The first-order valence-electron chi connectivity index (χ1n) is 9.11. The molecule has 3 N–H and O–H groups in total. The summed E-state index contributed by atoms with van der Waals surface area (Å²) >= 11 is 0. The average Bonchev–Trinajstić information content (AvgIpc) is 2.99. The van der Waals surface area contributed by atoms with E-state index in [9.17, 15) is 14.7 Å². The van der Waals surface area contributed by atoms with E-state index in [2.05, 4.69) is 24.5 Å². The first-order valence-corrected chi connectivity index (χ1v) is 9.11. The van der Waals surface area contributed by atoms with E-state index in [1.165, 1.54) is 0 Å². The van der Waals surface area contributed by atoms with E-state index >= 15 is 0 Å². The number of fused-ring (bicyclic) bond motifs is 5. The Balaban J connectivity index is 1.95. The summed E-state index contributed by atoms with van der Waals surface area (Å²) in [6.07, 6.45) is 0. The fourth-order valence-electron chi connectivity index (χ4n) is 4.01. The van der Waals surface area contributed by atoms with Crippen LogP contribution in [0.15, 0.2) is 42.5 Å². The molecule has 2 aliphatic rings. The summed E-state index contributed by atoms with van der Waals surface area (Å²) < 4.78 is 5.98. The van der Waals surface area contributed by atoms with Crippen molar-refractivity contribution in [1.29, 1.82) is 0 Å². The van der Waals surface area contributed by atoms with Crippen LogP contribution in [0.25, 0.3) is 0 Å². The van der Waals surface area contributed by atoms with Crippen molar-refractivity contribution in [3.05, 3.63) is 64.7 Å². The molecule has 0 spiro atoms. The number of rotatable bonds is 3. The van der Waals surface area contributed by atoms with Gasteiger partial charge in [-0.25, -0.2) is 4.79 Å². The molecule has 0 radical (unpaired) electrons. The van der Waals surface area contributed by atoms with Gasteiger partial charge in [-0.3, -0.25) is 4.79 Å². The van der Waals surface area contributed by atoms with E-state index < -0.39 is 17.4 Å². The summed E-state index contributed by atoms with van der Waals surface area (Å²) in [7, 11) is 0. The Kier molecular flexibility index (Phi) is 3.78. The number of nitrogens with one attached hydrogen (secondary N) is 2. The van der Waals surface area contributed by atoms with Gasteiger partial charge >= 0.3 is 6.03 Å². The number of aliphatic hydroxyl groups is 1. The molecule has 2 aromatic carbocycles. The molecule has 1 aliphatic carbocycles. The highest BCUT2D eigenvalue weighted by atomic mass is 16.6. The van der Waals surface area contributed by atoms with Crippen molar-refractivity contribution in [2.75, 3.05) is 6.54 Å². The first kappa shape index (κ1) is 17.5. The smallest absolute Gasteiger partial charge is 0.316 e. The zero-order chi connectivity index (χ0) is 19.4. The molecule has 2 amide bonds. The zero-order valence-electron chi connectivity index (χ0n) is 15.5. The minimum absolute atomic E-state index is 0.254. The predicted molar refractivity (Wildman–Crippen MR) is 99.7 cm³/mol. The summed E-state index contributed by atoms with van der Waals surface area (Å²) in [6.45, 7) is 6.27. The number of carbonyl (C=O) groups is 2. The lowest BCUT2D eigenvalue weighted by Gasteiger charge is -2.34. The third kappa shape index (κ3) is 2.16. The number of hydrogen-bond acceptors (Lipinski definition) is 4. The molecule has 140 valence electrons. The van der Waals surface area contributed by atoms with E-state index in [1.54, 1.807) is 37.3 Å². The highest BCUT2D eigenvalue weighted by Gasteiger charge is 2.71. The van der Waals surface area contributed by atoms with Gasteiger partial charge in [-0.15, -0.1) is 0 Å². The maximum absolute atomic E-state index is 13.4. The van der Waals surface area contributed by atoms with Gasteiger partial charge in [-0.1, -0.05) is 50.2 Å². The lowest BCUT2D eigenvalue weighted by atomic mass is 9.82. The third-order valence-electron chi connectivity index (χ3n) is 5.36. The number of carbonyl (C=O) groups excluding carboxylic acids is 2. The van der Waals surface area contributed by atoms with Gasteiger partial charge in [0, 0.05) is 23.2 Å². The van der Waals surface area contributed by atoms with Crippen LogP contribution in [0.5, 0.6) is 5.75 Å². The van der Waals surface area contributed by atoms with Gasteiger partial charge in [0.05, 0.1) is 0 Å². The molecular weight excluding hydrogens is 344 g/mol. The summed E-state index contributed by atoms with van der Waals surface area (Å²) in [5.74, 6) is -1.72. The summed E-state index contributed by atoms with van der Waals surface area (Å²) in [5, 5.41) is 16.9. The normalized spacial score (nSPS) is 24.9. The Morgan fingerprint density at radius 3 is 2.63 bits per heavy atom. The zero-order valence-corrected chi connectivity index (χ0v) is 15.5. The number of ether oxygens (including phenoxy) is 1. The standard InChI is InChI=1S/C21H22N2O4/c1-4-22-19(25)23-20-16-10-9-13(12(2)3)11-17(16)27-21(20,26)15-8-6-5-7-14(15)18(20)24/h5-12,26H,4H2,1-3H3,(H2,22,23,25). The van der Waals surface area contributed by atoms with Crippen molar-refractivity contribution in [2.45, 2.75) is 38.0 Å². The van der Waals surface area contributed by atoms with Crippen LogP contribution in [0, 0.1) is 0 Å². The van der Waals surface area contributed by atoms with E-state index in [1.807, 2.05) is 12.1 Å². The molecule has 2 unspecified atom stereocenters. The van der Waals surface area contributed by atoms with Gasteiger partial charge in [0.15, 0.2) is 0 Å². The Hall–Kier alpha value is -2.86. The molecule has 6 heteroatoms. The lowest BCUT2D eigenvalue weighted by Crippen LogP contribution is -2.61. The van der Waals surface area contributed by atoms with E-state index in [0.29, 0.717) is 29.0 Å². The SMILES string of the molecule is CCNC(=O)NC12C(=O)c3ccccc3C1(O)Oc1cc(C(C)C)ccc12. The average molecular weight is 366 g/mol. The van der Waals surface area contributed by atoms with Gasteiger partial charge in [-0.05, 0) is 24.5 Å². The number of hydrogen-bond donors (Lipinski definition) is 3. The molecule has 6 nitrogen and oxygen atoms in total. The molecule has 27 heavy (non-hydrogen) atoms. The number of urea groups is 1. The molecule has 1 heterocycles. The molecule has 4 rings (SSSR count). The van der Waals surface area contributed by atoms with E-state index in [0.717, 1.165) is 5.56 Å². The number of Topliss-reactive ketones (excluding diaryl/α,β-unsaturated/α-hetero) is 1. The summed E-state index contributed by atoms with van der Waals surface area (Å²) in [4.78, 5) is 25.9. The largest absolute Gasteiger partial charge is 0.454 e. The fourth-order valence-corrected chi connectivity index (χ4v) is 4.01. The molecule has 0 bridgehead atoms. The third-order valence-corrected chi connectivity index (χ3v) is 5.36. The van der Waals surface area contributed by atoms with Crippen molar-refractivity contribution in [3.8, 4) is 5.75 Å². The van der Waals surface area contributed by atoms with Crippen LogP contribution in [0.2, 0.25) is 0 Å². The lowest BCUT2D eigenvalue weighted by molar-refractivity contribution is -0.168. The Morgan fingerprint density at radius 2 is 1.93 bits per heavy atom. The molecule has 0 saturated carbocycles. The van der Waals surface area contributed by atoms with Crippen molar-refractivity contribution >= 4 is 11.8 Å². The summed E-state index contributed by atoms with van der Waals surface area (Å²) in [5.41, 5.74) is 0.457. The molecule has 2 aromatic rings. The Labute approximate surface area is 157 Å². The van der Waals surface area contributed by atoms with Crippen LogP contribution >= 0.6 is 0 Å². The van der Waals surface area contributed by atoms with Crippen LogP contribution in [-0.4, -0.2) is 23.5 Å². The Morgan fingerprint density at radius 1 is 1.19 bits per heavy atom. The molecule has 1 aliphatic heterocycles. The monoisotopic (exact) mass is 366 g/mol. The second kappa shape index (κ2) is 5.82. The van der Waals surface area contributed by atoms with Crippen LogP contribution in [-0.2, 0) is 11.3 Å². The van der Waals surface area contributed by atoms with Crippen LogP contribution < -0.4 is 15.4 Å². The number of amides is 2. The van der Waals surface area contributed by atoms with Crippen LogP contribution in [0.4, 0.5) is 4.79 Å². The number of ketones is 1. The minimum Gasteiger partial charge on any atom is -0.454 e. The molecule has 0 aromatic heterocycles. The second-order valence-corrected chi connectivity index (χ2v) is 7.27. The maximum Gasteiger partial charge on any atom is 0.316 e. The van der Waals surface area contributed by atoms with Gasteiger partial charge in [0.25, 0.3) is 5.79 Å². The fraction of sp³-hybridized carbons (Fsp3) is 0.333. The number of benzene rings is 2. The van der Waals surface area contributed by atoms with Gasteiger partial charge in [0.1, 0.15) is 5.75 Å². The molecular formula is C21H22N2O4.